The second kappa shape index (κ2) is 5.73. The van der Waals surface area contributed by atoms with E-state index < -0.39 is 0 Å². The van der Waals surface area contributed by atoms with Crippen LogP contribution in [0.1, 0.15) is 11.1 Å². The molecule has 0 fully saturated rings. The van der Waals surface area contributed by atoms with Gasteiger partial charge in [-0.15, -0.1) is 11.8 Å². The maximum atomic E-state index is 5.62. The zero-order valence-electron chi connectivity index (χ0n) is 9.10. The topological polar surface area (TPSA) is 26.0 Å². The van der Waals surface area contributed by atoms with E-state index in [0.717, 1.165) is 5.75 Å². The molecule has 2 aromatic carbocycles. The van der Waals surface area contributed by atoms with Gasteiger partial charge in [-0.1, -0.05) is 42.5 Å². The standard InChI is InChI=1S/C14H15NS/c15-10-12-5-4-6-13(9-12)11-16-14-7-2-1-3-8-14/h1-9H,10-11,15H2. The lowest BCUT2D eigenvalue weighted by Gasteiger charge is -2.03. The molecule has 0 spiro atoms. The van der Waals surface area contributed by atoms with Crippen molar-refractivity contribution >= 4 is 11.8 Å². The molecule has 2 rings (SSSR count). The first-order valence-electron chi connectivity index (χ1n) is 5.34. The highest BCUT2D eigenvalue weighted by atomic mass is 32.2. The van der Waals surface area contributed by atoms with Crippen LogP contribution in [-0.4, -0.2) is 0 Å². The van der Waals surface area contributed by atoms with Crippen LogP contribution in [0.4, 0.5) is 0 Å². The van der Waals surface area contributed by atoms with Gasteiger partial charge < -0.3 is 5.73 Å². The van der Waals surface area contributed by atoms with E-state index in [9.17, 15) is 0 Å². The zero-order chi connectivity index (χ0) is 11.2. The van der Waals surface area contributed by atoms with Crippen LogP contribution >= 0.6 is 11.8 Å². The minimum absolute atomic E-state index is 0.615. The third kappa shape index (κ3) is 3.12. The number of hydrogen-bond acceptors (Lipinski definition) is 2. The van der Waals surface area contributed by atoms with Crippen LogP contribution in [-0.2, 0) is 12.3 Å². The Bertz CT molecular complexity index is 439. The van der Waals surface area contributed by atoms with E-state index in [2.05, 4.69) is 48.5 Å². The first kappa shape index (κ1) is 11.2. The lowest BCUT2D eigenvalue weighted by atomic mass is 10.1. The molecule has 0 aliphatic carbocycles. The summed E-state index contributed by atoms with van der Waals surface area (Å²) < 4.78 is 0. The van der Waals surface area contributed by atoms with Crippen LogP contribution < -0.4 is 5.73 Å². The molecule has 0 amide bonds. The third-order valence-electron chi connectivity index (χ3n) is 2.38. The molecule has 0 bridgehead atoms. The number of thioether (sulfide) groups is 1. The largest absolute Gasteiger partial charge is 0.326 e. The Hall–Kier alpha value is -1.25. The van der Waals surface area contributed by atoms with Crippen LogP contribution in [0, 0.1) is 0 Å². The first-order chi connectivity index (χ1) is 7.88. The fourth-order valence-corrected chi connectivity index (χ4v) is 2.39. The van der Waals surface area contributed by atoms with Crippen LogP contribution in [0.25, 0.3) is 0 Å². The van der Waals surface area contributed by atoms with E-state index in [0.29, 0.717) is 6.54 Å². The van der Waals surface area contributed by atoms with Gasteiger partial charge in [-0.25, -0.2) is 0 Å². The summed E-state index contributed by atoms with van der Waals surface area (Å²) in [7, 11) is 0. The van der Waals surface area contributed by atoms with Crippen molar-refractivity contribution in [1.82, 2.24) is 0 Å². The molecule has 0 saturated heterocycles. The smallest absolute Gasteiger partial charge is 0.0232 e. The summed E-state index contributed by atoms with van der Waals surface area (Å²) in [6.07, 6.45) is 0. The highest BCUT2D eigenvalue weighted by molar-refractivity contribution is 7.98. The highest BCUT2D eigenvalue weighted by Crippen LogP contribution is 2.22. The molecular formula is C14H15NS. The fraction of sp³-hybridized carbons (Fsp3) is 0.143. The molecular weight excluding hydrogens is 214 g/mol. The summed E-state index contributed by atoms with van der Waals surface area (Å²) in [4.78, 5) is 1.31. The van der Waals surface area contributed by atoms with Crippen molar-refractivity contribution in [2.45, 2.75) is 17.2 Å². The van der Waals surface area contributed by atoms with Crippen molar-refractivity contribution in [2.75, 3.05) is 0 Å². The Balaban J connectivity index is 1.99. The molecule has 0 aromatic heterocycles. The number of nitrogens with two attached hydrogens (primary N) is 1. The summed E-state index contributed by atoms with van der Waals surface area (Å²) >= 11 is 1.85. The van der Waals surface area contributed by atoms with Gasteiger partial charge in [0.2, 0.25) is 0 Å². The maximum absolute atomic E-state index is 5.62. The average molecular weight is 229 g/mol. The molecule has 0 radical (unpaired) electrons. The van der Waals surface area contributed by atoms with Gasteiger partial charge in [0, 0.05) is 17.2 Å². The first-order valence-corrected chi connectivity index (χ1v) is 6.33. The monoisotopic (exact) mass is 229 g/mol. The fourth-order valence-electron chi connectivity index (χ4n) is 1.53. The van der Waals surface area contributed by atoms with Crippen LogP contribution in [0.3, 0.4) is 0 Å². The Labute approximate surface area is 101 Å². The van der Waals surface area contributed by atoms with Gasteiger partial charge in [0.1, 0.15) is 0 Å². The SMILES string of the molecule is NCc1cccc(CSc2ccccc2)c1. The Kier molecular flexibility index (Phi) is 4.03. The van der Waals surface area contributed by atoms with Gasteiger partial charge in [-0.05, 0) is 23.3 Å². The molecule has 2 heteroatoms. The molecule has 0 heterocycles. The molecule has 1 nitrogen and oxygen atoms in total. The van der Waals surface area contributed by atoms with E-state index in [1.165, 1.54) is 16.0 Å². The van der Waals surface area contributed by atoms with E-state index in [1.54, 1.807) is 0 Å². The van der Waals surface area contributed by atoms with E-state index in [1.807, 2.05) is 17.8 Å². The molecule has 0 unspecified atom stereocenters. The predicted molar refractivity (Wildman–Crippen MR) is 70.3 cm³/mol. The van der Waals surface area contributed by atoms with Gasteiger partial charge in [0.25, 0.3) is 0 Å². The van der Waals surface area contributed by atoms with Crippen LogP contribution in [0.15, 0.2) is 59.5 Å². The molecule has 2 N–H and O–H groups in total. The second-order valence-electron chi connectivity index (χ2n) is 3.63. The Morgan fingerprint density at radius 3 is 2.38 bits per heavy atom. The molecule has 0 saturated carbocycles. The van der Waals surface area contributed by atoms with E-state index in [-0.39, 0.29) is 0 Å². The van der Waals surface area contributed by atoms with Crippen LogP contribution in [0.2, 0.25) is 0 Å². The van der Waals surface area contributed by atoms with Crippen molar-refractivity contribution in [3.8, 4) is 0 Å². The minimum atomic E-state index is 0.615. The minimum Gasteiger partial charge on any atom is -0.326 e. The molecule has 0 aliphatic rings. The Morgan fingerprint density at radius 2 is 1.62 bits per heavy atom. The van der Waals surface area contributed by atoms with Crippen molar-refractivity contribution in [1.29, 1.82) is 0 Å². The lowest BCUT2D eigenvalue weighted by Crippen LogP contribution is -1.96. The van der Waals surface area contributed by atoms with Gasteiger partial charge in [0.15, 0.2) is 0 Å². The van der Waals surface area contributed by atoms with Crippen LogP contribution in [0.5, 0.6) is 0 Å². The lowest BCUT2D eigenvalue weighted by molar-refractivity contribution is 1.06. The zero-order valence-corrected chi connectivity index (χ0v) is 9.91. The second-order valence-corrected chi connectivity index (χ2v) is 4.67. The number of benzene rings is 2. The van der Waals surface area contributed by atoms with E-state index in [4.69, 9.17) is 5.73 Å². The van der Waals surface area contributed by atoms with Crippen molar-refractivity contribution in [2.24, 2.45) is 5.73 Å². The molecule has 16 heavy (non-hydrogen) atoms. The summed E-state index contributed by atoms with van der Waals surface area (Å²) in [6, 6.07) is 18.9. The van der Waals surface area contributed by atoms with E-state index >= 15 is 0 Å². The number of rotatable bonds is 4. The number of hydrogen-bond donors (Lipinski definition) is 1. The highest BCUT2D eigenvalue weighted by Gasteiger charge is 1.96. The summed E-state index contributed by atoms with van der Waals surface area (Å²) in [6.45, 7) is 0.615. The van der Waals surface area contributed by atoms with Crippen molar-refractivity contribution < 1.29 is 0 Å². The third-order valence-corrected chi connectivity index (χ3v) is 3.46. The summed E-state index contributed by atoms with van der Waals surface area (Å²) in [5, 5.41) is 0. The van der Waals surface area contributed by atoms with Crippen molar-refractivity contribution in [3.05, 3.63) is 65.7 Å². The molecule has 82 valence electrons. The predicted octanol–water partition coefficient (Wildman–Crippen LogP) is 3.44. The average Bonchev–Trinajstić information content (AvgIpc) is 2.38. The molecule has 2 aromatic rings. The molecule has 0 atom stereocenters. The maximum Gasteiger partial charge on any atom is 0.0232 e. The van der Waals surface area contributed by atoms with Gasteiger partial charge in [0.05, 0.1) is 0 Å². The summed E-state index contributed by atoms with van der Waals surface area (Å²) in [5.41, 5.74) is 8.15. The quantitative estimate of drug-likeness (QED) is 0.813. The Morgan fingerprint density at radius 1 is 0.875 bits per heavy atom. The normalized spacial score (nSPS) is 10.3. The summed E-state index contributed by atoms with van der Waals surface area (Å²) in [5.74, 6) is 0.998. The van der Waals surface area contributed by atoms with Gasteiger partial charge in [-0.2, -0.15) is 0 Å². The van der Waals surface area contributed by atoms with Gasteiger partial charge >= 0.3 is 0 Å². The van der Waals surface area contributed by atoms with Gasteiger partial charge in [-0.3, -0.25) is 0 Å². The van der Waals surface area contributed by atoms with Crippen molar-refractivity contribution in [3.63, 3.8) is 0 Å². The molecule has 0 aliphatic heterocycles.